The van der Waals surface area contributed by atoms with E-state index in [2.05, 4.69) is 20.6 Å². The van der Waals surface area contributed by atoms with Crippen molar-refractivity contribution >= 4 is 22.4 Å². The van der Waals surface area contributed by atoms with Crippen molar-refractivity contribution in [3.05, 3.63) is 47.6 Å². The first-order valence-corrected chi connectivity index (χ1v) is 8.38. The summed E-state index contributed by atoms with van der Waals surface area (Å²) in [6.07, 6.45) is 1.88. The number of ether oxygens (including phenoxy) is 1. The molecule has 124 valence electrons. The van der Waals surface area contributed by atoms with E-state index in [0.29, 0.717) is 11.0 Å². The molecule has 1 N–H and O–H groups in total. The summed E-state index contributed by atoms with van der Waals surface area (Å²) in [7, 11) is 0. The van der Waals surface area contributed by atoms with Crippen LogP contribution in [-0.4, -0.2) is 32.0 Å². The third kappa shape index (κ3) is 3.77. The zero-order valence-corrected chi connectivity index (χ0v) is 14.2. The smallest absolute Gasteiger partial charge is 0.267 e. The molecule has 3 aromatic rings. The highest BCUT2D eigenvalue weighted by Crippen LogP contribution is 2.17. The van der Waals surface area contributed by atoms with E-state index < -0.39 is 6.10 Å². The zero-order valence-electron chi connectivity index (χ0n) is 13.3. The second kappa shape index (κ2) is 7.22. The molecular formula is C16H17N5O2S. The summed E-state index contributed by atoms with van der Waals surface area (Å²) in [5.74, 6) is 0.0936. The number of para-hydroxylation sites is 1. The highest BCUT2D eigenvalue weighted by atomic mass is 32.1. The van der Waals surface area contributed by atoms with Gasteiger partial charge in [0.05, 0.1) is 5.69 Å². The Morgan fingerprint density at radius 3 is 2.79 bits per heavy atom. The molecular weight excluding hydrogens is 326 g/mol. The van der Waals surface area contributed by atoms with Crippen LogP contribution in [0.1, 0.15) is 18.9 Å². The van der Waals surface area contributed by atoms with Crippen LogP contribution < -0.4 is 10.1 Å². The monoisotopic (exact) mass is 343 g/mol. The SMILES string of the molecule is CCc1nnc(NC(=O)[C@@H](C)Oc2ccn(-c3ccccc3)n2)s1. The van der Waals surface area contributed by atoms with Crippen LogP contribution in [0.2, 0.25) is 0 Å². The summed E-state index contributed by atoms with van der Waals surface area (Å²) in [5.41, 5.74) is 0.922. The van der Waals surface area contributed by atoms with Gasteiger partial charge in [0.15, 0.2) is 6.10 Å². The Labute approximate surface area is 143 Å². The maximum Gasteiger partial charge on any atom is 0.267 e. The molecule has 0 fully saturated rings. The highest BCUT2D eigenvalue weighted by Gasteiger charge is 2.18. The normalized spacial score (nSPS) is 11.9. The Morgan fingerprint density at radius 2 is 2.08 bits per heavy atom. The van der Waals surface area contributed by atoms with Crippen LogP contribution in [-0.2, 0) is 11.2 Å². The number of benzene rings is 1. The minimum Gasteiger partial charge on any atom is -0.463 e. The molecule has 0 bridgehead atoms. The quantitative estimate of drug-likeness (QED) is 0.744. The van der Waals surface area contributed by atoms with E-state index in [1.165, 1.54) is 11.3 Å². The minimum atomic E-state index is -0.696. The molecule has 0 aliphatic rings. The molecule has 7 nitrogen and oxygen atoms in total. The van der Waals surface area contributed by atoms with Gasteiger partial charge in [0.25, 0.3) is 5.91 Å². The molecule has 24 heavy (non-hydrogen) atoms. The van der Waals surface area contributed by atoms with E-state index in [9.17, 15) is 4.79 Å². The Kier molecular flexibility index (Phi) is 4.85. The molecule has 0 radical (unpaired) electrons. The lowest BCUT2D eigenvalue weighted by Crippen LogP contribution is -2.30. The third-order valence-electron chi connectivity index (χ3n) is 3.25. The van der Waals surface area contributed by atoms with Crippen molar-refractivity contribution in [2.24, 2.45) is 0 Å². The molecule has 0 aliphatic carbocycles. The number of aromatic nitrogens is 4. The predicted molar refractivity (Wildman–Crippen MR) is 91.6 cm³/mol. The number of amides is 1. The highest BCUT2D eigenvalue weighted by molar-refractivity contribution is 7.15. The summed E-state index contributed by atoms with van der Waals surface area (Å²) >= 11 is 1.36. The predicted octanol–water partition coefficient (Wildman–Crippen LogP) is 2.69. The van der Waals surface area contributed by atoms with Crippen LogP contribution >= 0.6 is 11.3 Å². The van der Waals surface area contributed by atoms with Crippen molar-refractivity contribution < 1.29 is 9.53 Å². The van der Waals surface area contributed by atoms with Gasteiger partial charge in [-0.15, -0.1) is 15.3 Å². The van der Waals surface area contributed by atoms with Crippen LogP contribution in [0, 0.1) is 0 Å². The van der Waals surface area contributed by atoms with Gasteiger partial charge in [0, 0.05) is 12.3 Å². The van der Waals surface area contributed by atoms with Gasteiger partial charge >= 0.3 is 0 Å². The third-order valence-corrected chi connectivity index (χ3v) is 4.23. The number of carbonyl (C=O) groups excluding carboxylic acids is 1. The maximum atomic E-state index is 12.2. The first kappa shape index (κ1) is 16.1. The van der Waals surface area contributed by atoms with Crippen LogP contribution in [0.4, 0.5) is 5.13 Å². The van der Waals surface area contributed by atoms with Gasteiger partial charge in [-0.3, -0.25) is 10.1 Å². The van der Waals surface area contributed by atoms with E-state index in [1.54, 1.807) is 23.9 Å². The molecule has 0 aliphatic heterocycles. The van der Waals surface area contributed by atoms with Gasteiger partial charge in [0.1, 0.15) is 5.01 Å². The van der Waals surface area contributed by atoms with Crippen LogP contribution in [0.25, 0.3) is 5.69 Å². The number of aryl methyl sites for hydroxylation is 1. The molecule has 1 atom stereocenters. The van der Waals surface area contributed by atoms with Crippen molar-refractivity contribution in [3.63, 3.8) is 0 Å². The molecule has 0 unspecified atom stereocenters. The van der Waals surface area contributed by atoms with Crippen molar-refractivity contribution in [3.8, 4) is 11.6 Å². The largest absolute Gasteiger partial charge is 0.463 e. The zero-order chi connectivity index (χ0) is 16.9. The van der Waals surface area contributed by atoms with Gasteiger partial charge < -0.3 is 4.74 Å². The van der Waals surface area contributed by atoms with Gasteiger partial charge in [-0.2, -0.15) is 0 Å². The molecule has 3 rings (SSSR count). The molecule has 1 aromatic carbocycles. The van der Waals surface area contributed by atoms with Crippen molar-refractivity contribution in [1.29, 1.82) is 0 Å². The summed E-state index contributed by atoms with van der Waals surface area (Å²) in [6, 6.07) is 11.4. The van der Waals surface area contributed by atoms with E-state index in [0.717, 1.165) is 17.1 Å². The van der Waals surface area contributed by atoms with Crippen molar-refractivity contribution in [2.45, 2.75) is 26.4 Å². The van der Waals surface area contributed by atoms with E-state index in [4.69, 9.17) is 4.74 Å². The fourth-order valence-electron chi connectivity index (χ4n) is 1.98. The number of carbonyl (C=O) groups is 1. The maximum absolute atomic E-state index is 12.2. The minimum absolute atomic E-state index is 0.289. The first-order chi connectivity index (χ1) is 11.7. The summed E-state index contributed by atoms with van der Waals surface area (Å²) in [6.45, 7) is 3.65. The van der Waals surface area contributed by atoms with E-state index >= 15 is 0 Å². The molecule has 2 heterocycles. The standard InChI is InChI=1S/C16H17N5O2S/c1-3-14-18-19-16(24-14)17-15(22)11(2)23-13-9-10-21(20-13)12-7-5-4-6-8-12/h4-11H,3H2,1-2H3,(H,17,19,22)/t11-/m1/s1. The number of nitrogens with zero attached hydrogens (tertiary/aromatic N) is 4. The lowest BCUT2D eigenvalue weighted by atomic mass is 10.3. The van der Waals surface area contributed by atoms with E-state index in [1.807, 2.05) is 37.3 Å². The van der Waals surface area contributed by atoms with E-state index in [-0.39, 0.29) is 5.91 Å². The van der Waals surface area contributed by atoms with Crippen LogP contribution in [0.3, 0.4) is 0 Å². The summed E-state index contributed by atoms with van der Waals surface area (Å²) in [5, 5.41) is 16.3. The van der Waals surface area contributed by atoms with Gasteiger partial charge in [-0.25, -0.2) is 4.68 Å². The molecule has 0 spiro atoms. The second-order valence-corrected chi connectivity index (χ2v) is 6.10. The number of hydrogen-bond acceptors (Lipinski definition) is 6. The number of anilines is 1. The number of rotatable bonds is 6. The summed E-state index contributed by atoms with van der Waals surface area (Å²) < 4.78 is 7.29. The first-order valence-electron chi connectivity index (χ1n) is 7.56. The molecule has 0 saturated carbocycles. The lowest BCUT2D eigenvalue weighted by Gasteiger charge is -2.11. The molecule has 1 amide bonds. The van der Waals surface area contributed by atoms with Gasteiger partial charge in [-0.1, -0.05) is 36.5 Å². The van der Waals surface area contributed by atoms with Crippen molar-refractivity contribution in [2.75, 3.05) is 5.32 Å². The fourth-order valence-corrected chi connectivity index (χ4v) is 2.67. The Hall–Kier alpha value is -2.74. The average Bonchev–Trinajstić information content (AvgIpc) is 3.25. The number of nitrogens with one attached hydrogen (secondary N) is 1. The molecule has 2 aromatic heterocycles. The topological polar surface area (TPSA) is 81.9 Å². The van der Waals surface area contributed by atoms with Gasteiger partial charge in [0.2, 0.25) is 11.0 Å². The lowest BCUT2D eigenvalue weighted by molar-refractivity contribution is -0.122. The van der Waals surface area contributed by atoms with Crippen LogP contribution in [0.15, 0.2) is 42.6 Å². The molecule has 0 saturated heterocycles. The number of hydrogen-bond donors (Lipinski definition) is 1. The average molecular weight is 343 g/mol. The fraction of sp³-hybridized carbons (Fsp3) is 0.250. The summed E-state index contributed by atoms with van der Waals surface area (Å²) in [4.78, 5) is 12.2. The van der Waals surface area contributed by atoms with Crippen molar-refractivity contribution in [1.82, 2.24) is 20.0 Å². The Morgan fingerprint density at radius 1 is 1.29 bits per heavy atom. The molecule has 8 heteroatoms. The Balaban J connectivity index is 1.61. The van der Waals surface area contributed by atoms with Gasteiger partial charge in [-0.05, 0) is 25.5 Å². The van der Waals surface area contributed by atoms with Crippen LogP contribution in [0.5, 0.6) is 5.88 Å². The Bertz CT molecular complexity index is 815. The second-order valence-electron chi connectivity index (χ2n) is 5.04.